The Morgan fingerprint density at radius 1 is 0.905 bits per heavy atom. The van der Waals surface area contributed by atoms with Crippen LogP contribution in [0.2, 0.25) is 0 Å². The Bertz CT molecular complexity index is 633. The van der Waals surface area contributed by atoms with Gasteiger partial charge in [-0.25, -0.2) is 0 Å². The molecule has 1 atom stereocenters. The van der Waals surface area contributed by atoms with Crippen LogP contribution in [0.25, 0.3) is 0 Å². The van der Waals surface area contributed by atoms with Crippen molar-refractivity contribution in [2.75, 3.05) is 18.5 Å². The average molecular weight is 283 g/mol. The van der Waals surface area contributed by atoms with Crippen molar-refractivity contribution in [3.8, 4) is 0 Å². The molecule has 0 radical (unpaired) electrons. The molecule has 0 bridgehead atoms. The quantitative estimate of drug-likeness (QED) is 0.913. The minimum atomic E-state index is -0.476. The molecular formula is C19H25NO. The first kappa shape index (κ1) is 15.6. The van der Waals surface area contributed by atoms with Crippen molar-refractivity contribution in [3.63, 3.8) is 0 Å². The SMILES string of the molecule is Cc1ccc(N(C)CC(O)c2cc(C)ccc2C)c(C)c1. The van der Waals surface area contributed by atoms with Crippen LogP contribution in [0.1, 0.15) is 33.9 Å². The molecule has 2 rings (SSSR count). The molecule has 2 nitrogen and oxygen atoms in total. The summed E-state index contributed by atoms with van der Waals surface area (Å²) in [6, 6.07) is 12.7. The molecule has 2 aromatic rings. The number of hydrogen-bond donors (Lipinski definition) is 1. The summed E-state index contributed by atoms with van der Waals surface area (Å²) in [6.07, 6.45) is -0.476. The number of anilines is 1. The van der Waals surface area contributed by atoms with Gasteiger partial charge in [-0.2, -0.15) is 0 Å². The lowest BCUT2D eigenvalue weighted by molar-refractivity contribution is 0.184. The number of aryl methyl sites for hydroxylation is 4. The summed E-state index contributed by atoms with van der Waals surface area (Å²) in [5, 5.41) is 10.6. The molecule has 2 heteroatoms. The zero-order valence-electron chi connectivity index (χ0n) is 13.6. The highest BCUT2D eigenvalue weighted by Gasteiger charge is 2.14. The van der Waals surface area contributed by atoms with Gasteiger partial charge in [0.15, 0.2) is 0 Å². The van der Waals surface area contributed by atoms with Crippen LogP contribution in [0.15, 0.2) is 36.4 Å². The molecule has 0 aromatic heterocycles. The van der Waals surface area contributed by atoms with E-state index in [1.807, 2.05) is 7.05 Å². The number of aliphatic hydroxyl groups is 1. The highest BCUT2D eigenvalue weighted by molar-refractivity contribution is 5.54. The van der Waals surface area contributed by atoms with Gasteiger partial charge in [0.05, 0.1) is 6.10 Å². The van der Waals surface area contributed by atoms with E-state index < -0.39 is 6.10 Å². The topological polar surface area (TPSA) is 23.5 Å². The molecule has 0 spiro atoms. The van der Waals surface area contributed by atoms with Crippen LogP contribution in [0, 0.1) is 27.7 Å². The fourth-order valence-corrected chi connectivity index (χ4v) is 2.81. The number of nitrogens with zero attached hydrogens (tertiary/aromatic N) is 1. The summed E-state index contributed by atoms with van der Waals surface area (Å²) in [5.74, 6) is 0. The maximum Gasteiger partial charge on any atom is 0.0967 e. The Labute approximate surface area is 128 Å². The van der Waals surface area contributed by atoms with Crippen molar-refractivity contribution < 1.29 is 5.11 Å². The summed E-state index contributed by atoms with van der Waals surface area (Å²) >= 11 is 0. The van der Waals surface area contributed by atoms with Crippen molar-refractivity contribution in [1.29, 1.82) is 0 Å². The second-order valence-electron chi connectivity index (χ2n) is 6.05. The molecular weight excluding hydrogens is 258 g/mol. The molecule has 1 unspecified atom stereocenters. The van der Waals surface area contributed by atoms with Gasteiger partial charge in [0.1, 0.15) is 0 Å². The van der Waals surface area contributed by atoms with E-state index in [1.165, 1.54) is 22.4 Å². The van der Waals surface area contributed by atoms with Gasteiger partial charge in [-0.3, -0.25) is 0 Å². The Balaban J connectivity index is 2.18. The minimum absolute atomic E-state index is 0.476. The van der Waals surface area contributed by atoms with Crippen LogP contribution >= 0.6 is 0 Å². The third-order valence-electron chi connectivity index (χ3n) is 4.00. The number of rotatable bonds is 4. The number of aliphatic hydroxyl groups excluding tert-OH is 1. The first-order valence-electron chi connectivity index (χ1n) is 7.42. The zero-order valence-corrected chi connectivity index (χ0v) is 13.6. The lowest BCUT2D eigenvalue weighted by Gasteiger charge is -2.25. The van der Waals surface area contributed by atoms with Crippen LogP contribution in [-0.4, -0.2) is 18.7 Å². The van der Waals surface area contributed by atoms with Crippen molar-refractivity contribution in [2.24, 2.45) is 0 Å². The molecule has 0 aliphatic heterocycles. The summed E-state index contributed by atoms with van der Waals surface area (Å²) < 4.78 is 0. The van der Waals surface area contributed by atoms with Gasteiger partial charge in [-0.1, -0.05) is 41.5 Å². The van der Waals surface area contributed by atoms with Crippen molar-refractivity contribution in [3.05, 3.63) is 64.2 Å². The van der Waals surface area contributed by atoms with E-state index in [2.05, 4.69) is 69.0 Å². The Kier molecular flexibility index (Phi) is 4.69. The van der Waals surface area contributed by atoms with Crippen molar-refractivity contribution in [1.82, 2.24) is 0 Å². The van der Waals surface area contributed by atoms with E-state index >= 15 is 0 Å². The van der Waals surface area contributed by atoms with Gasteiger partial charge >= 0.3 is 0 Å². The first-order chi connectivity index (χ1) is 9.88. The van der Waals surface area contributed by atoms with Gasteiger partial charge in [0, 0.05) is 19.3 Å². The largest absolute Gasteiger partial charge is 0.387 e. The summed E-state index contributed by atoms with van der Waals surface area (Å²) in [5.41, 5.74) is 7.02. The molecule has 0 saturated heterocycles. The fourth-order valence-electron chi connectivity index (χ4n) is 2.81. The van der Waals surface area contributed by atoms with E-state index in [-0.39, 0.29) is 0 Å². The maximum atomic E-state index is 10.6. The molecule has 112 valence electrons. The minimum Gasteiger partial charge on any atom is -0.387 e. The number of likely N-dealkylation sites (N-methyl/N-ethyl adjacent to an activating group) is 1. The Morgan fingerprint density at radius 3 is 2.19 bits per heavy atom. The third kappa shape index (κ3) is 3.64. The zero-order chi connectivity index (χ0) is 15.6. The van der Waals surface area contributed by atoms with Gasteiger partial charge in [0.25, 0.3) is 0 Å². The Morgan fingerprint density at radius 2 is 1.52 bits per heavy atom. The summed E-state index contributed by atoms with van der Waals surface area (Å²) in [7, 11) is 2.03. The Hall–Kier alpha value is -1.80. The molecule has 0 saturated carbocycles. The number of benzene rings is 2. The summed E-state index contributed by atoms with van der Waals surface area (Å²) in [6.45, 7) is 8.91. The smallest absolute Gasteiger partial charge is 0.0967 e. The molecule has 1 N–H and O–H groups in total. The van der Waals surface area contributed by atoms with Gasteiger partial charge < -0.3 is 10.0 Å². The van der Waals surface area contributed by atoms with E-state index in [1.54, 1.807) is 0 Å². The van der Waals surface area contributed by atoms with Crippen molar-refractivity contribution in [2.45, 2.75) is 33.8 Å². The average Bonchev–Trinajstić information content (AvgIpc) is 2.41. The van der Waals surface area contributed by atoms with E-state index in [0.29, 0.717) is 6.54 Å². The maximum absolute atomic E-state index is 10.6. The molecule has 0 fully saturated rings. The van der Waals surface area contributed by atoms with Crippen molar-refractivity contribution >= 4 is 5.69 Å². The number of hydrogen-bond acceptors (Lipinski definition) is 2. The van der Waals surface area contributed by atoms with Gasteiger partial charge in [0.2, 0.25) is 0 Å². The highest BCUT2D eigenvalue weighted by Crippen LogP contribution is 2.24. The van der Waals surface area contributed by atoms with Crippen LogP contribution in [-0.2, 0) is 0 Å². The highest BCUT2D eigenvalue weighted by atomic mass is 16.3. The van der Waals surface area contributed by atoms with Crippen LogP contribution in [0.5, 0.6) is 0 Å². The van der Waals surface area contributed by atoms with Crippen LogP contribution in [0.3, 0.4) is 0 Å². The molecule has 0 aliphatic carbocycles. The lowest BCUT2D eigenvalue weighted by Crippen LogP contribution is -2.25. The second kappa shape index (κ2) is 6.31. The predicted octanol–water partition coefficient (Wildman–Crippen LogP) is 4.09. The van der Waals surface area contributed by atoms with E-state index in [4.69, 9.17) is 0 Å². The van der Waals surface area contributed by atoms with Crippen LogP contribution in [0.4, 0.5) is 5.69 Å². The standard InChI is InChI=1S/C19H25NO/c1-13-7-9-18(16(4)10-13)20(5)12-19(21)17-11-14(2)6-8-15(17)3/h6-11,19,21H,12H2,1-5H3. The van der Waals surface area contributed by atoms with E-state index in [0.717, 1.165) is 11.1 Å². The summed E-state index contributed by atoms with van der Waals surface area (Å²) in [4.78, 5) is 2.13. The normalized spacial score (nSPS) is 12.3. The molecule has 21 heavy (non-hydrogen) atoms. The fraction of sp³-hybridized carbons (Fsp3) is 0.368. The molecule has 0 heterocycles. The predicted molar refractivity (Wildman–Crippen MR) is 90.1 cm³/mol. The second-order valence-corrected chi connectivity index (χ2v) is 6.05. The molecule has 0 aliphatic rings. The molecule has 2 aromatic carbocycles. The first-order valence-corrected chi connectivity index (χ1v) is 7.42. The lowest BCUT2D eigenvalue weighted by atomic mass is 10.00. The monoisotopic (exact) mass is 283 g/mol. The van der Waals surface area contributed by atoms with Gasteiger partial charge in [-0.05, 0) is 50.5 Å². The third-order valence-corrected chi connectivity index (χ3v) is 4.00. The van der Waals surface area contributed by atoms with Crippen LogP contribution < -0.4 is 4.90 Å². The van der Waals surface area contributed by atoms with E-state index in [9.17, 15) is 5.11 Å². The molecule has 0 amide bonds. The van der Waals surface area contributed by atoms with Gasteiger partial charge in [-0.15, -0.1) is 0 Å².